The van der Waals surface area contributed by atoms with Crippen LogP contribution in [0, 0.1) is 0 Å². The molecule has 1 heterocycles. The van der Waals surface area contributed by atoms with Crippen molar-refractivity contribution in [2.75, 3.05) is 0 Å². The highest BCUT2D eigenvalue weighted by Crippen LogP contribution is 2.20. The first-order valence-electron chi connectivity index (χ1n) is 4.96. The highest BCUT2D eigenvalue weighted by molar-refractivity contribution is 5.57. The quantitative estimate of drug-likeness (QED) is 0.693. The minimum Gasteiger partial charge on any atom is -0.382 e. The van der Waals surface area contributed by atoms with Crippen LogP contribution in [0.4, 0.5) is 0 Å². The van der Waals surface area contributed by atoms with E-state index in [4.69, 9.17) is 4.84 Å². The Labute approximate surface area is 89.5 Å². The summed E-state index contributed by atoms with van der Waals surface area (Å²) >= 11 is 0. The van der Waals surface area contributed by atoms with E-state index >= 15 is 0 Å². The minimum absolute atomic E-state index is 0.880. The van der Waals surface area contributed by atoms with Crippen molar-refractivity contribution < 1.29 is 4.84 Å². The monoisotopic (exact) mass is 199 g/mol. The van der Waals surface area contributed by atoms with Gasteiger partial charge in [0.05, 0.1) is 0 Å². The first-order valence-corrected chi connectivity index (χ1v) is 4.96. The topological polar surface area (TPSA) is 21.3 Å². The summed E-state index contributed by atoms with van der Waals surface area (Å²) in [5.74, 6) is 0.880. The molecule has 0 amide bonds. The standard InChI is InChI=1S/C8H7NO.C5H6/c1-2-4-8-7(3-1)5-6-9-10-8;1-2-4-5-3-1/h1-6,9H;1-4H,5H2. The summed E-state index contributed by atoms with van der Waals surface area (Å²) in [5.41, 5.74) is 3.77. The van der Waals surface area contributed by atoms with Crippen LogP contribution in [0.25, 0.3) is 6.08 Å². The Kier molecular flexibility index (Phi) is 3.23. The maximum absolute atomic E-state index is 5.09. The van der Waals surface area contributed by atoms with Crippen molar-refractivity contribution in [2.45, 2.75) is 6.42 Å². The Morgan fingerprint density at radius 1 is 1.07 bits per heavy atom. The van der Waals surface area contributed by atoms with Gasteiger partial charge in [-0.3, -0.25) is 0 Å². The van der Waals surface area contributed by atoms with Crippen LogP contribution in [-0.2, 0) is 0 Å². The van der Waals surface area contributed by atoms with E-state index in [1.54, 1.807) is 6.20 Å². The molecule has 15 heavy (non-hydrogen) atoms. The summed E-state index contributed by atoms with van der Waals surface area (Å²) in [5, 5.41) is 0. The van der Waals surface area contributed by atoms with Crippen molar-refractivity contribution in [3.8, 4) is 5.75 Å². The van der Waals surface area contributed by atoms with Gasteiger partial charge in [-0.25, -0.2) is 5.48 Å². The lowest BCUT2D eigenvalue weighted by Gasteiger charge is -2.11. The molecule has 0 atom stereocenters. The molecule has 3 rings (SSSR count). The van der Waals surface area contributed by atoms with Crippen LogP contribution in [0.1, 0.15) is 12.0 Å². The Hall–Kier alpha value is -1.96. The lowest BCUT2D eigenvalue weighted by Crippen LogP contribution is -2.13. The van der Waals surface area contributed by atoms with Crippen LogP contribution >= 0.6 is 0 Å². The van der Waals surface area contributed by atoms with Crippen LogP contribution in [0.5, 0.6) is 5.75 Å². The van der Waals surface area contributed by atoms with Crippen molar-refractivity contribution in [1.29, 1.82) is 0 Å². The van der Waals surface area contributed by atoms with Crippen molar-refractivity contribution in [2.24, 2.45) is 0 Å². The molecule has 1 aromatic carbocycles. The number of para-hydroxylation sites is 1. The maximum Gasteiger partial charge on any atom is 0.162 e. The second kappa shape index (κ2) is 5.05. The van der Waals surface area contributed by atoms with E-state index in [0.717, 1.165) is 17.7 Å². The van der Waals surface area contributed by atoms with E-state index in [1.165, 1.54) is 0 Å². The van der Waals surface area contributed by atoms with Crippen LogP contribution in [-0.4, -0.2) is 0 Å². The van der Waals surface area contributed by atoms with Crippen molar-refractivity contribution in [3.63, 3.8) is 0 Å². The average Bonchev–Trinajstić information content (AvgIpc) is 2.88. The predicted molar refractivity (Wildman–Crippen MR) is 62.1 cm³/mol. The Bertz CT molecular complexity index is 395. The number of rotatable bonds is 0. The molecule has 0 fully saturated rings. The second-order valence-electron chi connectivity index (χ2n) is 3.18. The third kappa shape index (κ3) is 2.74. The van der Waals surface area contributed by atoms with Gasteiger partial charge in [-0.15, -0.1) is 0 Å². The van der Waals surface area contributed by atoms with Crippen LogP contribution in [0.3, 0.4) is 0 Å². The summed E-state index contributed by atoms with van der Waals surface area (Å²) in [6, 6.07) is 7.86. The average molecular weight is 199 g/mol. The molecule has 1 aliphatic heterocycles. The summed E-state index contributed by atoms with van der Waals surface area (Å²) in [6.07, 6.45) is 13.2. The molecule has 0 bridgehead atoms. The highest BCUT2D eigenvalue weighted by atomic mass is 16.6. The largest absolute Gasteiger partial charge is 0.382 e. The van der Waals surface area contributed by atoms with Gasteiger partial charge in [0.1, 0.15) is 0 Å². The van der Waals surface area contributed by atoms with Gasteiger partial charge in [-0.2, -0.15) is 0 Å². The maximum atomic E-state index is 5.09. The van der Waals surface area contributed by atoms with Gasteiger partial charge in [-0.05, 0) is 18.6 Å². The van der Waals surface area contributed by atoms with Gasteiger partial charge < -0.3 is 4.84 Å². The first-order chi connectivity index (χ1) is 7.47. The molecule has 76 valence electrons. The predicted octanol–water partition coefficient (Wildman–Crippen LogP) is 3.06. The fourth-order valence-corrected chi connectivity index (χ4v) is 1.33. The zero-order valence-electron chi connectivity index (χ0n) is 8.39. The summed E-state index contributed by atoms with van der Waals surface area (Å²) in [7, 11) is 0. The lowest BCUT2D eigenvalue weighted by molar-refractivity contribution is 0.239. The fourth-order valence-electron chi connectivity index (χ4n) is 1.33. The number of benzene rings is 1. The number of nitrogens with one attached hydrogen (secondary N) is 1. The summed E-state index contributed by atoms with van der Waals surface area (Å²) in [4.78, 5) is 5.09. The molecule has 0 unspecified atom stereocenters. The van der Waals surface area contributed by atoms with E-state index in [9.17, 15) is 0 Å². The molecule has 0 spiro atoms. The van der Waals surface area contributed by atoms with E-state index < -0.39 is 0 Å². The smallest absolute Gasteiger partial charge is 0.162 e. The molecule has 0 saturated heterocycles. The molecule has 1 aromatic rings. The van der Waals surface area contributed by atoms with Gasteiger partial charge in [0, 0.05) is 11.8 Å². The molecular formula is C13H13NO. The Morgan fingerprint density at radius 3 is 2.53 bits per heavy atom. The highest BCUT2D eigenvalue weighted by Gasteiger charge is 2.01. The van der Waals surface area contributed by atoms with Gasteiger partial charge in [0.25, 0.3) is 0 Å². The number of fused-ring (bicyclic) bond motifs is 1. The van der Waals surface area contributed by atoms with Crippen molar-refractivity contribution >= 4 is 6.08 Å². The zero-order valence-corrected chi connectivity index (χ0v) is 8.39. The first kappa shape index (κ1) is 9.59. The van der Waals surface area contributed by atoms with Crippen LogP contribution < -0.4 is 10.3 Å². The van der Waals surface area contributed by atoms with Gasteiger partial charge >= 0.3 is 0 Å². The van der Waals surface area contributed by atoms with Gasteiger partial charge in [0.2, 0.25) is 0 Å². The molecule has 0 radical (unpaired) electrons. The van der Waals surface area contributed by atoms with E-state index in [-0.39, 0.29) is 0 Å². The molecule has 2 aliphatic rings. The summed E-state index contributed by atoms with van der Waals surface area (Å²) in [6.45, 7) is 0. The lowest BCUT2D eigenvalue weighted by atomic mass is 10.2. The Morgan fingerprint density at radius 2 is 1.87 bits per heavy atom. The SMILES string of the molecule is C1=CCC=C1.C1=Cc2ccccc2ON1. The van der Waals surface area contributed by atoms with Gasteiger partial charge in [-0.1, -0.05) is 42.5 Å². The molecule has 0 saturated carbocycles. The third-order valence-corrected chi connectivity index (χ3v) is 2.07. The minimum atomic E-state index is 0.880. The van der Waals surface area contributed by atoms with Gasteiger partial charge in [0.15, 0.2) is 5.75 Å². The van der Waals surface area contributed by atoms with Crippen LogP contribution in [0.15, 0.2) is 54.8 Å². The number of hydrogen-bond acceptors (Lipinski definition) is 2. The normalized spacial score (nSPS) is 14.7. The fraction of sp³-hybridized carbons (Fsp3) is 0.0769. The van der Waals surface area contributed by atoms with E-state index in [1.807, 2.05) is 30.3 Å². The number of hydrogen-bond donors (Lipinski definition) is 1. The number of hydroxylamine groups is 1. The van der Waals surface area contributed by atoms with Crippen LogP contribution in [0.2, 0.25) is 0 Å². The van der Waals surface area contributed by atoms with E-state index in [2.05, 4.69) is 29.8 Å². The van der Waals surface area contributed by atoms with Crippen molar-refractivity contribution in [1.82, 2.24) is 5.48 Å². The molecule has 0 aromatic heterocycles. The zero-order chi connectivity index (χ0) is 10.3. The summed E-state index contributed by atoms with van der Waals surface area (Å²) < 4.78 is 0. The Balaban J connectivity index is 0.000000144. The molecule has 1 aliphatic carbocycles. The van der Waals surface area contributed by atoms with E-state index in [0.29, 0.717) is 0 Å². The molecular weight excluding hydrogens is 186 g/mol. The molecule has 2 heteroatoms. The molecule has 2 nitrogen and oxygen atoms in total. The number of allylic oxidation sites excluding steroid dienone is 4. The second-order valence-corrected chi connectivity index (χ2v) is 3.18. The third-order valence-electron chi connectivity index (χ3n) is 2.07. The molecule has 1 N–H and O–H groups in total. The van der Waals surface area contributed by atoms with Crippen molar-refractivity contribution in [3.05, 3.63) is 60.3 Å².